The number of nitrogens with zero attached hydrogens (tertiary/aromatic N) is 2. The van der Waals surface area contributed by atoms with Crippen molar-refractivity contribution < 1.29 is 22.7 Å². The summed E-state index contributed by atoms with van der Waals surface area (Å²) in [4.78, 5) is 11.6. The van der Waals surface area contributed by atoms with Crippen molar-refractivity contribution in [3.05, 3.63) is 65.1 Å². The maximum absolute atomic E-state index is 14.0. The van der Waals surface area contributed by atoms with Crippen LogP contribution in [0.3, 0.4) is 0 Å². The van der Waals surface area contributed by atoms with E-state index in [2.05, 4.69) is 0 Å². The van der Waals surface area contributed by atoms with Crippen LogP contribution in [-0.4, -0.2) is 41.5 Å². The van der Waals surface area contributed by atoms with Gasteiger partial charge in [-0.15, -0.1) is 0 Å². The predicted molar refractivity (Wildman–Crippen MR) is 112 cm³/mol. The van der Waals surface area contributed by atoms with E-state index < -0.39 is 21.8 Å². The Kier molecular flexibility index (Phi) is 5.38. The van der Waals surface area contributed by atoms with E-state index in [9.17, 15) is 22.7 Å². The topological polar surface area (TPSA) is 79.6 Å². The van der Waals surface area contributed by atoms with Gasteiger partial charge in [0.15, 0.2) is 0 Å². The Morgan fingerprint density at radius 3 is 2.53 bits per heavy atom. The molecule has 1 aromatic heterocycles. The summed E-state index contributed by atoms with van der Waals surface area (Å²) in [6, 6.07) is 11.1. The van der Waals surface area contributed by atoms with Crippen LogP contribution < -0.4 is 0 Å². The molecule has 1 saturated heterocycles. The first-order valence-corrected chi connectivity index (χ1v) is 11.3. The summed E-state index contributed by atoms with van der Waals surface area (Å²) in [5.74, 6) is -1.42. The molecular formula is C22H23FN2O4S. The number of halogens is 1. The molecule has 1 aliphatic heterocycles. The van der Waals surface area contributed by atoms with Gasteiger partial charge < -0.3 is 9.67 Å². The lowest BCUT2D eigenvalue weighted by molar-refractivity contribution is -0.137. The smallest absolute Gasteiger partial charge is 0.323 e. The minimum Gasteiger partial charge on any atom is -0.480 e. The molecule has 158 valence electrons. The van der Waals surface area contributed by atoms with Crippen LogP contribution in [-0.2, 0) is 27.8 Å². The average Bonchev–Trinajstić information content (AvgIpc) is 3.32. The van der Waals surface area contributed by atoms with E-state index in [1.165, 1.54) is 16.4 Å². The molecule has 6 nitrogen and oxygen atoms in total. The average molecular weight is 431 g/mol. The predicted octanol–water partition coefficient (Wildman–Crippen LogP) is 3.55. The molecule has 0 bridgehead atoms. The Morgan fingerprint density at radius 2 is 1.83 bits per heavy atom. The van der Waals surface area contributed by atoms with Crippen LogP contribution in [0.4, 0.5) is 4.39 Å². The molecule has 3 aromatic rings. The van der Waals surface area contributed by atoms with Crippen LogP contribution in [0.5, 0.6) is 0 Å². The van der Waals surface area contributed by atoms with E-state index in [-0.39, 0.29) is 17.9 Å². The monoisotopic (exact) mass is 430 g/mol. The molecule has 0 saturated carbocycles. The Bertz CT molecular complexity index is 1230. The number of hydrogen-bond acceptors (Lipinski definition) is 3. The number of carboxylic acid groups (broad SMARTS) is 1. The number of hydrogen-bond donors (Lipinski definition) is 1. The first-order chi connectivity index (χ1) is 14.3. The van der Waals surface area contributed by atoms with E-state index in [0.29, 0.717) is 35.2 Å². The number of carbonyl (C=O) groups is 1. The Morgan fingerprint density at radius 1 is 1.13 bits per heavy atom. The molecule has 0 aliphatic carbocycles. The fourth-order valence-electron chi connectivity index (χ4n) is 4.25. The SMILES string of the molecule is Cc1c(Cc2ccccc2S(=O)(=O)N2CCCC2)c2cc(F)ccc2n1CC(=O)O. The van der Waals surface area contributed by atoms with Crippen molar-refractivity contribution in [2.75, 3.05) is 13.1 Å². The van der Waals surface area contributed by atoms with Crippen molar-refractivity contribution in [1.82, 2.24) is 8.87 Å². The molecule has 0 spiro atoms. The highest BCUT2D eigenvalue weighted by atomic mass is 32.2. The minimum atomic E-state index is -3.62. The lowest BCUT2D eigenvalue weighted by Crippen LogP contribution is -2.28. The zero-order chi connectivity index (χ0) is 21.5. The molecule has 0 amide bonds. The second-order valence-electron chi connectivity index (χ2n) is 7.60. The lowest BCUT2D eigenvalue weighted by atomic mass is 10.0. The minimum absolute atomic E-state index is 0.248. The molecular weight excluding hydrogens is 407 g/mol. The fourth-order valence-corrected chi connectivity index (χ4v) is 5.98. The van der Waals surface area contributed by atoms with Gasteiger partial charge in [-0.25, -0.2) is 12.8 Å². The van der Waals surface area contributed by atoms with Crippen molar-refractivity contribution in [2.45, 2.75) is 37.6 Å². The van der Waals surface area contributed by atoms with E-state index in [0.717, 1.165) is 18.4 Å². The number of rotatable bonds is 6. The zero-order valence-electron chi connectivity index (χ0n) is 16.6. The third-order valence-electron chi connectivity index (χ3n) is 5.73. The molecule has 0 atom stereocenters. The van der Waals surface area contributed by atoms with Crippen LogP contribution in [0.2, 0.25) is 0 Å². The summed E-state index contributed by atoms with van der Waals surface area (Å²) in [7, 11) is -3.62. The molecule has 1 N–H and O–H groups in total. The van der Waals surface area contributed by atoms with Gasteiger partial charge in [0.25, 0.3) is 0 Å². The van der Waals surface area contributed by atoms with Gasteiger partial charge in [0.1, 0.15) is 12.4 Å². The second kappa shape index (κ2) is 7.85. The summed E-state index contributed by atoms with van der Waals surface area (Å²) in [6.45, 7) is 2.56. The Labute approximate surface area is 174 Å². The summed E-state index contributed by atoms with van der Waals surface area (Å²) in [5.41, 5.74) is 2.65. The van der Waals surface area contributed by atoms with Crippen molar-refractivity contribution in [1.29, 1.82) is 0 Å². The summed E-state index contributed by atoms with van der Waals surface area (Å²) < 4.78 is 43.5. The summed E-state index contributed by atoms with van der Waals surface area (Å²) in [6.07, 6.45) is 1.96. The number of benzene rings is 2. The van der Waals surface area contributed by atoms with Gasteiger partial charge in [-0.2, -0.15) is 4.31 Å². The van der Waals surface area contributed by atoms with Crippen molar-refractivity contribution in [3.8, 4) is 0 Å². The lowest BCUT2D eigenvalue weighted by Gasteiger charge is -2.18. The number of aromatic nitrogens is 1. The molecule has 30 heavy (non-hydrogen) atoms. The number of fused-ring (bicyclic) bond motifs is 1. The molecule has 0 unspecified atom stereocenters. The maximum atomic E-state index is 14.0. The van der Waals surface area contributed by atoms with E-state index in [4.69, 9.17) is 0 Å². The van der Waals surface area contributed by atoms with Gasteiger partial charge in [0.05, 0.1) is 4.90 Å². The Balaban J connectivity index is 1.84. The van der Waals surface area contributed by atoms with Crippen molar-refractivity contribution in [2.24, 2.45) is 0 Å². The van der Waals surface area contributed by atoms with Crippen molar-refractivity contribution >= 4 is 26.9 Å². The maximum Gasteiger partial charge on any atom is 0.323 e. The first-order valence-electron chi connectivity index (χ1n) is 9.86. The quantitative estimate of drug-likeness (QED) is 0.649. The largest absolute Gasteiger partial charge is 0.480 e. The fraction of sp³-hybridized carbons (Fsp3) is 0.318. The highest BCUT2D eigenvalue weighted by Crippen LogP contribution is 2.32. The third-order valence-corrected chi connectivity index (χ3v) is 7.73. The summed E-state index contributed by atoms with van der Waals surface area (Å²) >= 11 is 0. The molecule has 4 rings (SSSR count). The van der Waals surface area contributed by atoms with Gasteiger partial charge in [-0.3, -0.25) is 4.79 Å². The van der Waals surface area contributed by atoms with Crippen molar-refractivity contribution in [3.63, 3.8) is 0 Å². The van der Waals surface area contributed by atoms with Gasteiger partial charge in [0, 0.05) is 36.1 Å². The third kappa shape index (κ3) is 3.61. The van der Waals surface area contributed by atoms with Gasteiger partial charge in [-0.05, 0) is 55.2 Å². The molecule has 2 aromatic carbocycles. The van der Waals surface area contributed by atoms with Crippen LogP contribution in [0, 0.1) is 12.7 Å². The highest BCUT2D eigenvalue weighted by Gasteiger charge is 2.29. The summed E-state index contributed by atoms with van der Waals surface area (Å²) in [5, 5.41) is 9.90. The molecule has 2 heterocycles. The van der Waals surface area contributed by atoms with Gasteiger partial charge in [0.2, 0.25) is 10.0 Å². The molecule has 0 radical (unpaired) electrons. The van der Waals surface area contributed by atoms with Crippen LogP contribution in [0.1, 0.15) is 29.7 Å². The number of carboxylic acids is 1. The second-order valence-corrected chi connectivity index (χ2v) is 9.51. The van der Waals surface area contributed by atoms with E-state index in [1.54, 1.807) is 41.8 Å². The number of sulfonamides is 1. The first kappa shape index (κ1) is 20.6. The van der Waals surface area contributed by atoms with E-state index >= 15 is 0 Å². The molecule has 8 heteroatoms. The highest BCUT2D eigenvalue weighted by molar-refractivity contribution is 7.89. The molecule has 1 fully saturated rings. The normalized spacial score (nSPS) is 15.1. The van der Waals surface area contributed by atoms with E-state index in [1.807, 2.05) is 0 Å². The van der Waals surface area contributed by atoms with Crippen LogP contribution in [0.25, 0.3) is 10.9 Å². The zero-order valence-corrected chi connectivity index (χ0v) is 17.5. The Hall–Kier alpha value is -2.71. The van der Waals surface area contributed by atoms with Gasteiger partial charge in [-0.1, -0.05) is 18.2 Å². The number of aliphatic carboxylic acids is 1. The van der Waals surface area contributed by atoms with Crippen LogP contribution >= 0.6 is 0 Å². The standard InChI is InChI=1S/C22H23FN2O4S/c1-15-18(19-13-17(23)8-9-20(19)25(15)14-22(26)27)12-16-6-2-3-7-21(16)30(28,29)24-10-4-5-11-24/h2-3,6-9,13H,4-5,10-12,14H2,1H3,(H,26,27). The molecule has 1 aliphatic rings. The van der Waals surface area contributed by atoms with Gasteiger partial charge >= 0.3 is 5.97 Å². The van der Waals surface area contributed by atoms with Crippen LogP contribution in [0.15, 0.2) is 47.4 Å².